The highest BCUT2D eigenvalue weighted by Crippen LogP contribution is 2.05. The molecule has 0 bridgehead atoms. The quantitative estimate of drug-likeness (QED) is 0.175. The number of carboxylic acid groups (broad SMARTS) is 1. The Balaban J connectivity index is 4.37. The van der Waals surface area contributed by atoms with E-state index < -0.39 is 17.4 Å². The number of aliphatic hydroxyl groups is 1. The lowest BCUT2D eigenvalue weighted by Crippen LogP contribution is -2.56. The molecule has 0 saturated carbocycles. The van der Waals surface area contributed by atoms with Crippen molar-refractivity contribution in [3.8, 4) is 0 Å². The normalized spacial score (nSPS) is 13.3. The summed E-state index contributed by atoms with van der Waals surface area (Å²) in [5.41, 5.74) is 5.03. The number of rotatable bonds is 4. The standard InChI is InChI=1S/C5H13B2N3O3/c6-5(7,13)2(1-3(11)12)10-4(8)9/h2,13H,1,6-7H2,(H,11,12)(H4,8,9,10). The van der Waals surface area contributed by atoms with Crippen LogP contribution in [0.25, 0.3) is 0 Å². The molecule has 0 aromatic carbocycles. The maximum Gasteiger partial charge on any atom is 0.305 e. The average Bonchev–Trinajstić information content (AvgIpc) is 1.81. The number of hydrogen-bond acceptors (Lipinski definition) is 3. The van der Waals surface area contributed by atoms with Crippen molar-refractivity contribution in [1.29, 1.82) is 5.41 Å². The summed E-state index contributed by atoms with van der Waals surface area (Å²) in [6.45, 7) is 0. The summed E-state index contributed by atoms with van der Waals surface area (Å²) in [6, 6.07) is -0.762. The molecule has 0 aromatic heterocycles. The van der Waals surface area contributed by atoms with Crippen LogP contribution in [-0.4, -0.2) is 49.3 Å². The molecular weight excluding hydrogens is 172 g/mol. The van der Waals surface area contributed by atoms with E-state index in [0.29, 0.717) is 0 Å². The van der Waals surface area contributed by atoms with Gasteiger partial charge in [-0.25, -0.2) is 0 Å². The minimum atomic E-state index is -1.23. The van der Waals surface area contributed by atoms with Crippen LogP contribution >= 0.6 is 0 Å². The number of aliphatic carboxylic acids is 1. The number of nitrogens with one attached hydrogen (secondary N) is 2. The van der Waals surface area contributed by atoms with Gasteiger partial charge in [-0.1, -0.05) is 0 Å². The first-order valence-electron chi connectivity index (χ1n) is 3.78. The summed E-state index contributed by atoms with van der Waals surface area (Å²) in [5, 5.41) is 26.1. The molecule has 0 aliphatic heterocycles. The van der Waals surface area contributed by atoms with E-state index in [0.717, 1.165) is 0 Å². The van der Waals surface area contributed by atoms with Crippen LogP contribution in [0, 0.1) is 5.41 Å². The van der Waals surface area contributed by atoms with Gasteiger partial charge >= 0.3 is 5.97 Å². The van der Waals surface area contributed by atoms with Crippen molar-refractivity contribution in [2.24, 2.45) is 5.73 Å². The molecule has 0 aliphatic rings. The molecule has 6 nitrogen and oxygen atoms in total. The second-order valence-electron chi connectivity index (χ2n) is 3.36. The molecule has 8 heteroatoms. The molecule has 0 radical (unpaired) electrons. The highest BCUT2D eigenvalue weighted by Gasteiger charge is 2.28. The maximum absolute atomic E-state index is 10.4. The Morgan fingerprint density at radius 3 is 2.38 bits per heavy atom. The maximum atomic E-state index is 10.4. The summed E-state index contributed by atoms with van der Waals surface area (Å²) < 4.78 is 0. The zero-order chi connectivity index (χ0) is 10.6. The SMILES string of the molecule is BC(B)(O)C(CC(=O)O)NC(=N)N. The lowest BCUT2D eigenvalue weighted by Gasteiger charge is -2.29. The molecule has 0 fully saturated rings. The molecule has 0 saturated heterocycles. The second-order valence-corrected chi connectivity index (χ2v) is 3.36. The lowest BCUT2D eigenvalue weighted by molar-refractivity contribution is -0.138. The van der Waals surface area contributed by atoms with Crippen molar-refractivity contribution >= 4 is 27.6 Å². The number of hydrogen-bond donors (Lipinski definition) is 5. The number of nitrogens with two attached hydrogens (primary N) is 1. The van der Waals surface area contributed by atoms with Crippen LogP contribution in [0.1, 0.15) is 6.42 Å². The molecule has 13 heavy (non-hydrogen) atoms. The minimum absolute atomic E-state index is 0.289. The molecule has 0 aliphatic carbocycles. The van der Waals surface area contributed by atoms with Gasteiger partial charge in [0.25, 0.3) is 0 Å². The van der Waals surface area contributed by atoms with E-state index in [1.54, 1.807) is 0 Å². The van der Waals surface area contributed by atoms with E-state index >= 15 is 0 Å². The van der Waals surface area contributed by atoms with E-state index in [-0.39, 0.29) is 12.4 Å². The van der Waals surface area contributed by atoms with Crippen molar-refractivity contribution in [3.63, 3.8) is 0 Å². The van der Waals surface area contributed by atoms with Gasteiger partial charge in [-0.2, -0.15) is 0 Å². The summed E-state index contributed by atoms with van der Waals surface area (Å²) in [7, 11) is 2.91. The molecule has 0 spiro atoms. The molecule has 0 amide bonds. The third-order valence-electron chi connectivity index (χ3n) is 1.56. The molecule has 1 unspecified atom stereocenters. The van der Waals surface area contributed by atoms with E-state index in [9.17, 15) is 9.90 Å². The molecule has 1 atom stereocenters. The minimum Gasteiger partial charge on any atom is -0.481 e. The topological polar surface area (TPSA) is 119 Å². The van der Waals surface area contributed by atoms with Crippen molar-refractivity contribution < 1.29 is 15.0 Å². The van der Waals surface area contributed by atoms with Crippen molar-refractivity contribution in [2.45, 2.75) is 17.9 Å². The average molecular weight is 185 g/mol. The van der Waals surface area contributed by atoms with Crippen LogP contribution in [0.3, 0.4) is 0 Å². The predicted molar refractivity (Wildman–Crippen MR) is 53.1 cm³/mol. The van der Waals surface area contributed by atoms with Gasteiger partial charge in [0.1, 0.15) is 15.7 Å². The Labute approximate surface area is 77.8 Å². The van der Waals surface area contributed by atoms with Crippen LogP contribution < -0.4 is 11.1 Å². The van der Waals surface area contributed by atoms with Crippen molar-refractivity contribution in [1.82, 2.24) is 5.32 Å². The van der Waals surface area contributed by atoms with Crippen LogP contribution in [0.5, 0.6) is 0 Å². The Hall–Kier alpha value is -1.17. The monoisotopic (exact) mass is 185 g/mol. The molecule has 0 rings (SSSR count). The molecule has 72 valence electrons. The third kappa shape index (κ3) is 5.13. The van der Waals surface area contributed by atoms with Gasteiger partial charge in [0, 0.05) is 5.40 Å². The Morgan fingerprint density at radius 2 is 2.15 bits per heavy atom. The largest absolute Gasteiger partial charge is 0.481 e. The van der Waals surface area contributed by atoms with Gasteiger partial charge in [-0.3, -0.25) is 10.2 Å². The number of carboxylic acids is 1. The Morgan fingerprint density at radius 1 is 1.69 bits per heavy atom. The lowest BCUT2D eigenvalue weighted by atomic mass is 9.60. The van der Waals surface area contributed by atoms with E-state index in [1.807, 2.05) is 0 Å². The number of guanidine groups is 1. The summed E-state index contributed by atoms with van der Waals surface area (Å²) >= 11 is 0. The number of carbonyl (C=O) groups is 1. The fourth-order valence-corrected chi connectivity index (χ4v) is 0.840. The van der Waals surface area contributed by atoms with Gasteiger partial charge in [-0.15, -0.1) is 0 Å². The van der Waals surface area contributed by atoms with Crippen LogP contribution in [-0.2, 0) is 4.79 Å². The van der Waals surface area contributed by atoms with Gasteiger partial charge in [0.2, 0.25) is 0 Å². The highest BCUT2D eigenvalue weighted by molar-refractivity contribution is 6.39. The Bertz CT molecular complexity index is 200. The van der Waals surface area contributed by atoms with E-state index in [1.165, 1.54) is 15.7 Å². The summed E-state index contributed by atoms with van der Waals surface area (Å²) in [4.78, 5) is 10.4. The summed E-state index contributed by atoms with van der Waals surface area (Å²) in [6.07, 6.45) is -0.289. The fourth-order valence-electron chi connectivity index (χ4n) is 0.840. The van der Waals surface area contributed by atoms with Gasteiger partial charge in [0.15, 0.2) is 5.96 Å². The van der Waals surface area contributed by atoms with Crippen LogP contribution in [0.4, 0.5) is 0 Å². The van der Waals surface area contributed by atoms with Gasteiger partial charge in [-0.05, 0) is 0 Å². The first-order valence-corrected chi connectivity index (χ1v) is 3.78. The molecule has 6 N–H and O–H groups in total. The third-order valence-corrected chi connectivity index (χ3v) is 1.56. The fraction of sp³-hybridized carbons (Fsp3) is 0.600. The van der Waals surface area contributed by atoms with E-state index in [4.69, 9.17) is 16.2 Å². The van der Waals surface area contributed by atoms with Gasteiger partial charge < -0.3 is 21.3 Å². The van der Waals surface area contributed by atoms with Crippen LogP contribution in [0.2, 0.25) is 0 Å². The van der Waals surface area contributed by atoms with Crippen LogP contribution in [0.15, 0.2) is 0 Å². The summed E-state index contributed by atoms with van der Waals surface area (Å²) in [5.74, 6) is -1.41. The van der Waals surface area contributed by atoms with Gasteiger partial charge in [0.05, 0.1) is 12.5 Å². The smallest absolute Gasteiger partial charge is 0.305 e. The first kappa shape index (κ1) is 11.8. The molecule has 0 aromatic rings. The predicted octanol–water partition coefficient (Wildman–Crippen LogP) is -3.77. The van der Waals surface area contributed by atoms with Crippen molar-refractivity contribution in [2.75, 3.05) is 0 Å². The second kappa shape index (κ2) is 4.18. The Kier molecular flexibility index (Phi) is 3.80. The zero-order valence-electron chi connectivity index (χ0n) is 7.66. The van der Waals surface area contributed by atoms with Crippen molar-refractivity contribution in [3.05, 3.63) is 0 Å². The zero-order valence-corrected chi connectivity index (χ0v) is 7.66. The highest BCUT2D eigenvalue weighted by atomic mass is 16.4. The van der Waals surface area contributed by atoms with E-state index in [2.05, 4.69) is 5.32 Å². The molecule has 0 heterocycles. The first-order chi connectivity index (χ1) is 5.73. The molecular formula is C5H13B2N3O3.